The summed E-state index contributed by atoms with van der Waals surface area (Å²) in [6.07, 6.45) is 10.2. The van der Waals surface area contributed by atoms with E-state index in [2.05, 4.69) is 58.1 Å². The number of pyridine rings is 1. The van der Waals surface area contributed by atoms with Crippen LogP contribution in [0, 0.1) is 11.3 Å². The van der Waals surface area contributed by atoms with Gasteiger partial charge < -0.3 is 15.1 Å². The van der Waals surface area contributed by atoms with Crippen LogP contribution in [-0.4, -0.2) is 79.5 Å². The molecule has 0 aliphatic carbocycles. The summed E-state index contributed by atoms with van der Waals surface area (Å²) in [5, 5.41) is 15.5. The summed E-state index contributed by atoms with van der Waals surface area (Å²) in [4.78, 5) is 22.0. The molecule has 9 heteroatoms. The minimum Gasteiger partial charge on any atom is -0.338 e. The molecule has 6 heterocycles. The Balaban J connectivity index is 1.19. The molecule has 43 heavy (non-hydrogen) atoms. The number of fused-ring (bicyclic) bond motifs is 2. The van der Waals surface area contributed by atoms with Gasteiger partial charge in [0.05, 0.1) is 23.6 Å². The second-order valence-electron chi connectivity index (χ2n) is 13.6. The number of hydrogen-bond donors (Lipinski definition) is 1. The van der Waals surface area contributed by atoms with Crippen molar-refractivity contribution in [3.05, 3.63) is 54.1 Å². The van der Waals surface area contributed by atoms with E-state index in [1.165, 1.54) is 24.2 Å². The Hall–Kier alpha value is -3.56. The van der Waals surface area contributed by atoms with Crippen molar-refractivity contribution in [2.75, 3.05) is 39.3 Å². The quantitative estimate of drug-likeness (QED) is 0.369. The molecule has 2 saturated heterocycles. The Labute approximate surface area is 254 Å². The molecule has 0 spiro atoms. The predicted octanol–water partition coefficient (Wildman–Crippen LogP) is 4.68. The lowest BCUT2D eigenvalue weighted by Gasteiger charge is -2.43. The van der Waals surface area contributed by atoms with E-state index in [9.17, 15) is 4.79 Å². The van der Waals surface area contributed by atoms with Crippen molar-refractivity contribution in [1.29, 1.82) is 0 Å². The maximum absolute atomic E-state index is 12.5. The number of piperidine rings is 2. The highest BCUT2D eigenvalue weighted by molar-refractivity contribution is 5.97. The summed E-state index contributed by atoms with van der Waals surface area (Å²) in [5.74, 6) is 0.866. The van der Waals surface area contributed by atoms with Crippen molar-refractivity contribution < 1.29 is 4.79 Å². The Kier molecular flexibility index (Phi) is 7.33. The van der Waals surface area contributed by atoms with Gasteiger partial charge in [0.15, 0.2) is 0 Å². The molecule has 7 rings (SSSR count). The van der Waals surface area contributed by atoms with Gasteiger partial charge in [-0.25, -0.2) is 0 Å². The molecule has 0 radical (unpaired) electrons. The van der Waals surface area contributed by atoms with E-state index < -0.39 is 0 Å². The molecule has 3 aliphatic rings. The first-order valence-electron chi connectivity index (χ1n) is 15.9. The Morgan fingerprint density at radius 1 is 1.12 bits per heavy atom. The van der Waals surface area contributed by atoms with E-state index in [0.717, 1.165) is 91.2 Å². The van der Waals surface area contributed by atoms with Gasteiger partial charge >= 0.3 is 0 Å². The molecule has 3 aromatic heterocycles. The number of rotatable bonds is 5. The van der Waals surface area contributed by atoms with Crippen molar-refractivity contribution in [2.24, 2.45) is 18.4 Å². The zero-order chi connectivity index (χ0) is 29.7. The summed E-state index contributed by atoms with van der Waals surface area (Å²) in [6, 6.07) is 8.94. The van der Waals surface area contributed by atoms with Crippen LogP contribution in [0.4, 0.5) is 0 Å². The van der Waals surface area contributed by atoms with Gasteiger partial charge in [0, 0.05) is 99.8 Å². The average molecular weight is 581 g/mol. The Morgan fingerprint density at radius 3 is 2.70 bits per heavy atom. The number of amides is 1. The van der Waals surface area contributed by atoms with E-state index in [-0.39, 0.29) is 5.91 Å². The fourth-order valence-electron chi connectivity index (χ4n) is 7.54. The van der Waals surface area contributed by atoms with Crippen LogP contribution in [0.25, 0.3) is 33.3 Å². The first-order valence-corrected chi connectivity index (χ1v) is 15.9. The number of benzene rings is 1. The summed E-state index contributed by atoms with van der Waals surface area (Å²) >= 11 is 0. The molecule has 226 valence electrons. The van der Waals surface area contributed by atoms with Gasteiger partial charge in [-0.1, -0.05) is 32.0 Å². The molecule has 1 atom stereocenters. The second kappa shape index (κ2) is 11.2. The molecule has 0 saturated carbocycles. The van der Waals surface area contributed by atoms with Crippen LogP contribution in [-0.2, 0) is 24.8 Å². The van der Waals surface area contributed by atoms with Crippen LogP contribution >= 0.6 is 0 Å². The zero-order valence-corrected chi connectivity index (χ0v) is 26.0. The molecule has 2 fully saturated rings. The Bertz CT molecular complexity index is 1640. The van der Waals surface area contributed by atoms with Gasteiger partial charge in [-0.15, -0.1) is 0 Å². The molecule has 1 amide bonds. The van der Waals surface area contributed by atoms with Gasteiger partial charge in [-0.05, 0) is 48.6 Å². The number of nitrogens with zero attached hydrogens (tertiary/aromatic N) is 7. The fraction of sp³-hybridized carbons (Fsp3) is 0.529. The summed E-state index contributed by atoms with van der Waals surface area (Å²) in [5.41, 5.74) is 6.86. The summed E-state index contributed by atoms with van der Waals surface area (Å²) < 4.78 is 4.15. The lowest BCUT2D eigenvalue weighted by molar-refractivity contribution is -0.129. The standard InChI is InChI=1S/C34H44N8O/c1-23(43)41-15-11-32-30(21-41)33(28-7-5-6-24-16-31(36-18-29(24)28)25-17-37-39(4)19-25)38-42(32)27-9-13-40(14-10-27)20-26-8-12-35-22-34(26,2)3/h5-7,16-19,26-27,35H,8-15,20-22H2,1-4H3. The van der Waals surface area contributed by atoms with Gasteiger partial charge in [-0.2, -0.15) is 10.2 Å². The van der Waals surface area contributed by atoms with Crippen LogP contribution in [0.3, 0.4) is 0 Å². The SMILES string of the molecule is CC(=O)N1CCc2c(c(-c3cccc4cc(-c5cnn(C)c5)ncc34)nn2C2CCN(CC3CCNCC3(C)C)CC2)C1. The topological polar surface area (TPSA) is 84.1 Å². The zero-order valence-electron chi connectivity index (χ0n) is 26.0. The molecule has 1 N–H and O–H groups in total. The number of carbonyl (C=O) groups is 1. The normalized spacial score (nSPS) is 21.3. The van der Waals surface area contributed by atoms with E-state index in [1.807, 2.05) is 30.5 Å². The van der Waals surface area contributed by atoms with Crippen LogP contribution in [0.15, 0.2) is 42.9 Å². The number of carbonyl (C=O) groups excluding carboxylic acids is 1. The number of likely N-dealkylation sites (tertiary alicyclic amines) is 1. The molecule has 4 aromatic rings. The summed E-state index contributed by atoms with van der Waals surface area (Å²) in [6.45, 7) is 13.6. The minimum absolute atomic E-state index is 0.124. The first-order chi connectivity index (χ1) is 20.8. The van der Waals surface area contributed by atoms with E-state index in [4.69, 9.17) is 10.1 Å². The maximum Gasteiger partial charge on any atom is 0.219 e. The monoisotopic (exact) mass is 580 g/mol. The first kappa shape index (κ1) is 28.2. The van der Waals surface area contributed by atoms with Gasteiger partial charge in [0.2, 0.25) is 5.91 Å². The van der Waals surface area contributed by atoms with Crippen molar-refractivity contribution in [1.82, 2.24) is 39.7 Å². The third-order valence-electron chi connectivity index (χ3n) is 10.3. The lowest BCUT2D eigenvalue weighted by Crippen LogP contribution is -2.48. The fourth-order valence-corrected chi connectivity index (χ4v) is 7.54. The van der Waals surface area contributed by atoms with Gasteiger partial charge in [0.1, 0.15) is 0 Å². The molecule has 3 aliphatic heterocycles. The molecular formula is C34H44N8O. The Morgan fingerprint density at radius 2 is 1.95 bits per heavy atom. The second-order valence-corrected chi connectivity index (χ2v) is 13.6. The molecular weight excluding hydrogens is 536 g/mol. The largest absolute Gasteiger partial charge is 0.338 e. The molecule has 1 aromatic carbocycles. The molecule has 1 unspecified atom stereocenters. The van der Waals surface area contributed by atoms with Crippen LogP contribution in [0.1, 0.15) is 57.3 Å². The third kappa shape index (κ3) is 5.38. The van der Waals surface area contributed by atoms with E-state index in [0.29, 0.717) is 18.0 Å². The van der Waals surface area contributed by atoms with Crippen LogP contribution < -0.4 is 5.32 Å². The molecule has 0 bridgehead atoms. The van der Waals surface area contributed by atoms with Crippen molar-refractivity contribution in [2.45, 2.75) is 59.0 Å². The summed E-state index contributed by atoms with van der Waals surface area (Å²) in [7, 11) is 1.92. The highest BCUT2D eigenvalue weighted by Crippen LogP contribution is 2.38. The van der Waals surface area contributed by atoms with Gasteiger partial charge in [-0.3, -0.25) is 19.1 Å². The third-order valence-corrected chi connectivity index (χ3v) is 10.3. The van der Waals surface area contributed by atoms with Crippen molar-refractivity contribution in [3.63, 3.8) is 0 Å². The van der Waals surface area contributed by atoms with E-state index in [1.54, 1.807) is 11.6 Å². The maximum atomic E-state index is 12.5. The highest BCUT2D eigenvalue weighted by Gasteiger charge is 2.35. The van der Waals surface area contributed by atoms with Gasteiger partial charge in [0.25, 0.3) is 0 Å². The predicted molar refractivity (Wildman–Crippen MR) is 169 cm³/mol. The number of aryl methyl sites for hydroxylation is 1. The van der Waals surface area contributed by atoms with Crippen molar-refractivity contribution >= 4 is 16.7 Å². The van der Waals surface area contributed by atoms with Crippen LogP contribution in [0.5, 0.6) is 0 Å². The highest BCUT2D eigenvalue weighted by atomic mass is 16.2. The molecule has 9 nitrogen and oxygen atoms in total. The number of aromatic nitrogens is 5. The number of hydrogen-bond acceptors (Lipinski definition) is 6. The minimum atomic E-state index is 0.124. The van der Waals surface area contributed by atoms with E-state index >= 15 is 0 Å². The average Bonchev–Trinajstić information content (AvgIpc) is 3.61. The lowest BCUT2D eigenvalue weighted by atomic mass is 9.74. The number of nitrogens with one attached hydrogen (secondary N) is 1. The van der Waals surface area contributed by atoms with Crippen molar-refractivity contribution in [3.8, 4) is 22.5 Å². The smallest absolute Gasteiger partial charge is 0.219 e. The van der Waals surface area contributed by atoms with Crippen LogP contribution in [0.2, 0.25) is 0 Å².